The number of hydrogen-bond donors (Lipinski definition) is 2. The number of pyridine rings is 1. The van der Waals surface area contributed by atoms with Crippen molar-refractivity contribution in [3.8, 4) is 0 Å². The van der Waals surface area contributed by atoms with Crippen LogP contribution in [0.4, 0.5) is 5.82 Å². The van der Waals surface area contributed by atoms with E-state index in [4.69, 9.17) is 0 Å². The molecule has 0 radical (unpaired) electrons. The standard InChI is InChI=1S/C14H14N2O2/c1-2-3-8-15-13-11(14(17)18)9-10-6-4-5-7-12(10)16-13/h2,4-7,9H,1,3,8H2,(H,15,16)(H,17,18). The van der Waals surface area contributed by atoms with Crippen molar-refractivity contribution in [1.82, 2.24) is 4.98 Å². The molecule has 0 amide bonds. The molecule has 18 heavy (non-hydrogen) atoms. The Morgan fingerprint density at radius 2 is 2.22 bits per heavy atom. The van der Waals surface area contributed by atoms with Gasteiger partial charge in [0.1, 0.15) is 11.4 Å². The molecule has 0 aliphatic carbocycles. The zero-order valence-electron chi connectivity index (χ0n) is 9.89. The smallest absolute Gasteiger partial charge is 0.339 e. The van der Waals surface area contributed by atoms with E-state index in [1.54, 1.807) is 12.1 Å². The molecule has 2 aromatic rings. The molecule has 2 N–H and O–H groups in total. The van der Waals surface area contributed by atoms with Gasteiger partial charge in [-0.1, -0.05) is 24.3 Å². The molecule has 0 spiro atoms. The zero-order valence-corrected chi connectivity index (χ0v) is 9.89. The van der Waals surface area contributed by atoms with Crippen LogP contribution >= 0.6 is 0 Å². The first-order valence-corrected chi connectivity index (χ1v) is 5.70. The number of hydrogen-bond acceptors (Lipinski definition) is 3. The van der Waals surface area contributed by atoms with Crippen LogP contribution in [0.15, 0.2) is 43.0 Å². The lowest BCUT2D eigenvalue weighted by molar-refractivity contribution is 0.0698. The van der Waals surface area contributed by atoms with E-state index in [0.717, 1.165) is 17.3 Å². The van der Waals surface area contributed by atoms with Gasteiger partial charge in [0.25, 0.3) is 0 Å². The lowest BCUT2D eigenvalue weighted by Crippen LogP contribution is -2.09. The highest BCUT2D eigenvalue weighted by Crippen LogP contribution is 2.20. The molecule has 1 aromatic carbocycles. The highest BCUT2D eigenvalue weighted by Gasteiger charge is 2.12. The second kappa shape index (κ2) is 5.31. The molecule has 0 bridgehead atoms. The fraction of sp³-hybridized carbons (Fsp3) is 0.143. The van der Waals surface area contributed by atoms with Crippen molar-refractivity contribution in [3.63, 3.8) is 0 Å². The third-order valence-electron chi connectivity index (χ3n) is 2.60. The fourth-order valence-electron chi connectivity index (χ4n) is 1.71. The number of nitrogens with zero attached hydrogens (tertiary/aromatic N) is 1. The van der Waals surface area contributed by atoms with Crippen LogP contribution in [0.25, 0.3) is 10.9 Å². The Morgan fingerprint density at radius 1 is 1.44 bits per heavy atom. The molecule has 92 valence electrons. The first kappa shape index (κ1) is 12.1. The molecule has 0 fully saturated rings. The van der Waals surface area contributed by atoms with Gasteiger partial charge in [0.15, 0.2) is 0 Å². The Kier molecular flexibility index (Phi) is 3.57. The lowest BCUT2D eigenvalue weighted by atomic mass is 10.1. The monoisotopic (exact) mass is 242 g/mol. The maximum absolute atomic E-state index is 11.2. The van der Waals surface area contributed by atoms with Crippen LogP contribution in [0.1, 0.15) is 16.8 Å². The first-order chi connectivity index (χ1) is 8.72. The zero-order chi connectivity index (χ0) is 13.0. The average Bonchev–Trinajstić information content (AvgIpc) is 2.38. The number of aromatic nitrogens is 1. The van der Waals surface area contributed by atoms with E-state index in [-0.39, 0.29) is 5.56 Å². The summed E-state index contributed by atoms with van der Waals surface area (Å²) in [6.45, 7) is 4.24. The van der Waals surface area contributed by atoms with Crippen molar-refractivity contribution in [3.05, 3.63) is 48.6 Å². The van der Waals surface area contributed by atoms with E-state index in [1.807, 2.05) is 24.3 Å². The molecule has 0 aliphatic rings. The van der Waals surface area contributed by atoms with Gasteiger partial charge in [-0.2, -0.15) is 0 Å². The summed E-state index contributed by atoms with van der Waals surface area (Å²) in [5.41, 5.74) is 0.973. The van der Waals surface area contributed by atoms with Crippen LogP contribution in [0.2, 0.25) is 0 Å². The number of carbonyl (C=O) groups is 1. The predicted molar refractivity (Wildman–Crippen MR) is 72.0 cm³/mol. The Balaban J connectivity index is 2.44. The van der Waals surface area contributed by atoms with Gasteiger partial charge in [-0.15, -0.1) is 6.58 Å². The van der Waals surface area contributed by atoms with Crippen molar-refractivity contribution in [2.45, 2.75) is 6.42 Å². The van der Waals surface area contributed by atoms with E-state index < -0.39 is 5.97 Å². The van der Waals surface area contributed by atoms with Crippen LogP contribution in [-0.2, 0) is 0 Å². The Bertz CT molecular complexity index is 593. The summed E-state index contributed by atoms with van der Waals surface area (Å²) in [6.07, 6.45) is 2.53. The molecule has 0 atom stereocenters. The molecular formula is C14H14N2O2. The van der Waals surface area contributed by atoms with E-state index >= 15 is 0 Å². The van der Waals surface area contributed by atoms with Crippen LogP contribution in [-0.4, -0.2) is 22.6 Å². The molecule has 2 rings (SSSR count). The van der Waals surface area contributed by atoms with E-state index in [1.165, 1.54) is 0 Å². The maximum Gasteiger partial charge on any atom is 0.339 e. The van der Waals surface area contributed by atoms with Crippen molar-refractivity contribution in [2.75, 3.05) is 11.9 Å². The Morgan fingerprint density at radius 3 is 2.94 bits per heavy atom. The predicted octanol–water partition coefficient (Wildman–Crippen LogP) is 2.92. The average molecular weight is 242 g/mol. The van der Waals surface area contributed by atoms with Crippen molar-refractivity contribution < 1.29 is 9.90 Å². The molecular weight excluding hydrogens is 228 g/mol. The number of aromatic carboxylic acids is 1. The SMILES string of the molecule is C=CCCNc1nc2ccccc2cc1C(=O)O. The van der Waals surface area contributed by atoms with Gasteiger partial charge < -0.3 is 10.4 Å². The number of para-hydroxylation sites is 1. The molecule has 0 aliphatic heterocycles. The highest BCUT2D eigenvalue weighted by atomic mass is 16.4. The number of benzene rings is 1. The number of nitrogens with one attached hydrogen (secondary N) is 1. The van der Waals surface area contributed by atoms with Gasteiger partial charge in [-0.3, -0.25) is 0 Å². The van der Waals surface area contributed by atoms with Gasteiger partial charge in [-0.05, 0) is 18.6 Å². The largest absolute Gasteiger partial charge is 0.478 e. The summed E-state index contributed by atoms with van der Waals surface area (Å²) in [5, 5.41) is 13.0. The third-order valence-corrected chi connectivity index (χ3v) is 2.60. The van der Waals surface area contributed by atoms with Gasteiger partial charge in [0.2, 0.25) is 0 Å². The second-order valence-corrected chi connectivity index (χ2v) is 3.89. The summed E-state index contributed by atoms with van der Waals surface area (Å²) >= 11 is 0. The minimum atomic E-state index is -0.977. The molecule has 1 aromatic heterocycles. The number of rotatable bonds is 5. The highest BCUT2D eigenvalue weighted by molar-refractivity contribution is 5.98. The van der Waals surface area contributed by atoms with E-state index in [0.29, 0.717) is 12.4 Å². The summed E-state index contributed by atoms with van der Waals surface area (Å²) in [4.78, 5) is 15.5. The molecule has 0 saturated carbocycles. The molecule has 4 nitrogen and oxygen atoms in total. The van der Waals surface area contributed by atoms with Crippen LogP contribution < -0.4 is 5.32 Å². The minimum Gasteiger partial charge on any atom is -0.478 e. The van der Waals surface area contributed by atoms with Crippen molar-refractivity contribution in [2.24, 2.45) is 0 Å². The number of carboxylic acids is 1. The summed E-state index contributed by atoms with van der Waals surface area (Å²) in [5.74, 6) is -0.572. The fourth-order valence-corrected chi connectivity index (χ4v) is 1.71. The number of fused-ring (bicyclic) bond motifs is 1. The molecule has 0 unspecified atom stereocenters. The Hall–Kier alpha value is -2.36. The molecule has 1 heterocycles. The van der Waals surface area contributed by atoms with Crippen molar-refractivity contribution in [1.29, 1.82) is 0 Å². The van der Waals surface area contributed by atoms with Crippen LogP contribution in [0.3, 0.4) is 0 Å². The van der Waals surface area contributed by atoms with Crippen molar-refractivity contribution >= 4 is 22.7 Å². The summed E-state index contributed by atoms with van der Waals surface area (Å²) in [7, 11) is 0. The Labute approximate surface area is 105 Å². The quantitative estimate of drug-likeness (QED) is 0.625. The van der Waals surface area contributed by atoms with Crippen LogP contribution in [0.5, 0.6) is 0 Å². The van der Waals surface area contributed by atoms with Gasteiger partial charge in [-0.25, -0.2) is 9.78 Å². The van der Waals surface area contributed by atoms with E-state index in [9.17, 15) is 9.90 Å². The number of carboxylic acid groups (broad SMARTS) is 1. The topological polar surface area (TPSA) is 62.2 Å². The van der Waals surface area contributed by atoms with Gasteiger partial charge in [0.05, 0.1) is 5.52 Å². The summed E-state index contributed by atoms with van der Waals surface area (Å²) in [6, 6.07) is 9.09. The van der Waals surface area contributed by atoms with Gasteiger partial charge >= 0.3 is 5.97 Å². The second-order valence-electron chi connectivity index (χ2n) is 3.89. The minimum absolute atomic E-state index is 0.192. The maximum atomic E-state index is 11.2. The summed E-state index contributed by atoms with van der Waals surface area (Å²) < 4.78 is 0. The molecule has 0 saturated heterocycles. The lowest BCUT2D eigenvalue weighted by Gasteiger charge is -2.09. The van der Waals surface area contributed by atoms with E-state index in [2.05, 4.69) is 16.9 Å². The van der Waals surface area contributed by atoms with Gasteiger partial charge in [0, 0.05) is 11.9 Å². The van der Waals surface area contributed by atoms with Crippen LogP contribution in [0, 0.1) is 0 Å². The number of anilines is 1. The normalized spacial score (nSPS) is 10.2. The first-order valence-electron chi connectivity index (χ1n) is 5.70. The molecule has 4 heteroatoms. The third kappa shape index (κ3) is 2.48.